The van der Waals surface area contributed by atoms with Crippen molar-refractivity contribution in [3.05, 3.63) is 35.9 Å². The van der Waals surface area contributed by atoms with Gasteiger partial charge in [0.1, 0.15) is 6.04 Å². The van der Waals surface area contributed by atoms with Gasteiger partial charge in [0.2, 0.25) is 0 Å². The molecule has 0 bridgehead atoms. The fourth-order valence-electron chi connectivity index (χ4n) is 1.86. The van der Waals surface area contributed by atoms with Gasteiger partial charge in [-0.15, -0.1) is 0 Å². The highest BCUT2D eigenvalue weighted by Crippen LogP contribution is 2.05. The Balaban J connectivity index is 2.58. The molecule has 0 aliphatic heterocycles. The van der Waals surface area contributed by atoms with E-state index in [9.17, 15) is 14.7 Å². The second kappa shape index (κ2) is 8.29. The molecular weight excluding hydrogens is 268 g/mol. The highest BCUT2D eigenvalue weighted by molar-refractivity contribution is 5.82. The number of urea groups is 1. The Hall–Kier alpha value is -2.04. The first kappa shape index (κ1) is 17.0. The Labute approximate surface area is 126 Å². The van der Waals surface area contributed by atoms with Crippen LogP contribution in [0.3, 0.4) is 0 Å². The fourth-order valence-corrected chi connectivity index (χ4v) is 1.86. The summed E-state index contributed by atoms with van der Waals surface area (Å²) in [5, 5.41) is 11.8. The van der Waals surface area contributed by atoms with E-state index in [0.29, 0.717) is 12.5 Å². The van der Waals surface area contributed by atoms with Crippen LogP contribution >= 0.6 is 0 Å². The first-order chi connectivity index (χ1) is 9.90. The molecule has 0 aliphatic rings. The summed E-state index contributed by atoms with van der Waals surface area (Å²) in [4.78, 5) is 24.8. The van der Waals surface area contributed by atoms with Gasteiger partial charge in [0.25, 0.3) is 0 Å². The van der Waals surface area contributed by atoms with Crippen LogP contribution in [0.2, 0.25) is 0 Å². The predicted octanol–water partition coefficient (Wildman–Crippen LogP) is 2.37. The number of nitrogens with zero attached hydrogens (tertiary/aromatic N) is 1. The average Bonchev–Trinajstić information content (AvgIpc) is 2.44. The van der Waals surface area contributed by atoms with Crippen molar-refractivity contribution < 1.29 is 14.7 Å². The Morgan fingerprint density at radius 2 is 1.86 bits per heavy atom. The lowest BCUT2D eigenvalue weighted by Gasteiger charge is -2.22. The van der Waals surface area contributed by atoms with Gasteiger partial charge in [-0.2, -0.15) is 0 Å². The minimum Gasteiger partial charge on any atom is -0.480 e. The third-order valence-electron chi connectivity index (χ3n) is 3.27. The van der Waals surface area contributed by atoms with Crippen molar-refractivity contribution in [3.8, 4) is 0 Å². The molecular formula is C16H24N2O3. The minimum atomic E-state index is -1.02. The molecule has 0 aromatic heterocycles. The molecule has 5 heteroatoms. The standard InChI is InChI=1S/C16H24N2O3/c1-12(2)9-10-18(3)16(21)17-14(15(19)20)11-13-7-5-4-6-8-13/h4-8,12,14H,9-11H2,1-3H3,(H,17,21)(H,19,20)/t14-/m1/s1. The molecule has 5 nitrogen and oxygen atoms in total. The second-order valence-electron chi connectivity index (χ2n) is 5.63. The van der Waals surface area contributed by atoms with Crippen molar-refractivity contribution in [2.45, 2.75) is 32.7 Å². The summed E-state index contributed by atoms with van der Waals surface area (Å²) in [6.07, 6.45) is 1.17. The highest BCUT2D eigenvalue weighted by Gasteiger charge is 2.22. The van der Waals surface area contributed by atoms with Crippen LogP contribution in [-0.2, 0) is 11.2 Å². The SMILES string of the molecule is CC(C)CCN(C)C(=O)N[C@H](Cc1ccccc1)C(=O)O. The van der Waals surface area contributed by atoms with Crippen LogP contribution in [0.1, 0.15) is 25.8 Å². The smallest absolute Gasteiger partial charge is 0.326 e. The van der Waals surface area contributed by atoms with Gasteiger partial charge in [-0.1, -0.05) is 44.2 Å². The lowest BCUT2D eigenvalue weighted by Crippen LogP contribution is -2.48. The zero-order chi connectivity index (χ0) is 15.8. The summed E-state index contributed by atoms with van der Waals surface area (Å²) in [7, 11) is 1.68. The molecule has 2 amide bonds. The number of carbonyl (C=O) groups excluding carboxylic acids is 1. The number of benzene rings is 1. The van der Waals surface area contributed by atoms with Crippen LogP contribution in [0.25, 0.3) is 0 Å². The Bertz CT molecular complexity index is 460. The minimum absolute atomic E-state index is 0.278. The third-order valence-corrected chi connectivity index (χ3v) is 3.27. The Morgan fingerprint density at radius 1 is 1.24 bits per heavy atom. The summed E-state index contributed by atoms with van der Waals surface area (Å²) < 4.78 is 0. The van der Waals surface area contributed by atoms with E-state index in [1.54, 1.807) is 7.05 Å². The maximum absolute atomic E-state index is 12.0. The first-order valence-corrected chi connectivity index (χ1v) is 7.18. The van der Waals surface area contributed by atoms with Gasteiger partial charge in [-0.05, 0) is 17.9 Å². The molecule has 1 rings (SSSR count). The molecule has 0 spiro atoms. The summed E-state index contributed by atoms with van der Waals surface area (Å²) in [5.74, 6) is -0.524. The van der Waals surface area contributed by atoms with Gasteiger partial charge in [0.15, 0.2) is 0 Å². The van der Waals surface area contributed by atoms with E-state index in [2.05, 4.69) is 19.2 Å². The van der Waals surface area contributed by atoms with E-state index in [1.807, 2.05) is 30.3 Å². The van der Waals surface area contributed by atoms with Gasteiger partial charge < -0.3 is 15.3 Å². The number of nitrogens with one attached hydrogen (secondary N) is 1. The topological polar surface area (TPSA) is 69.6 Å². The molecule has 0 radical (unpaired) electrons. The van der Waals surface area contributed by atoms with Crippen molar-refractivity contribution in [3.63, 3.8) is 0 Å². The molecule has 0 unspecified atom stereocenters. The molecule has 0 fully saturated rings. The highest BCUT2D eigenvalue weighted by atomic mass is 16.4. The fraction of sp³-hybridized carbons (Fsp3) is 0.500. The van der Waals surface area contributed by atoms with Gasteiger partial charge in [0, 0.05) is 20.0 Å². The molecule has 0 saturated heterocycles. The van der Waals surface area contributed by atoms with Crippen LogP contribution in [0, 0.1) is 5.92 Å². The van der Waals surface area contributed by atoms with E-state index in [1.165, 1.54) is 4.90 Å². The molecule has 0 saturated carbocycles. The Morgan fingerprint density at radius 3 is 2.38 bits per heavy atom. The first-order valence-electron chi connectivity index (χ1n) is 7.18. The van der Waals surface area contributed by atoms with Crippen LogP contribution in [0.15, 0.2) is 30.3 Å². The zero-order valence-electron chi connectivity index (χ0n) is 12.9. The van der Waals surface area contributed by atoms with Crippen LogP contribution in [0.4, 0.5) is 4.79 Å². The van der Waals surface area contributed by atoms with Crippen molar-refractivity contribution in [2.24, 2.45) is 5.92 Å². The van der Waals surface area contributed by atoms with Gasteiger partial charge in [-0.3, -0.25) is 0 Å². The summed E-state index contributed by atoms with van der Waals surface area (Å²) >= 11 is 0. The average molecular weight is 292 g/mol. The van der Waals surface area contributed by atoms with Gasteiger partial charge in [0.05, 0.1) is 0 Å². The van der Waals surface area contributed by atoms with E-state index < -0.39 is 12.0 Å². The normalized spacial score (nSPS) is 12.0. The molecule has 116 valence electrons. The third kappa shape index (κ3) is 6.29. The number of carboxylic acid groups (broad SMARTS) is 1. The quantitative estimate of drug-likeness (QED) is 0.810. The molecule has 0 aliphatic carbocycles. The summed E-state index contributed by atoms with van der Waals surface area (Å²) in [6, 6.07) is 8.02. The van der Waals surface area contributed by atoms with Crippen molar-refractivity contribution in [2.75, 3.05) is 13.6 Å². The molecule has 1 atom stereocenters. The van der Waals surface area contributed by atoms with E-state index >= 15 is 0 Å². The van der Waals surface area contributed by atoms with Gasteiger partial charge >= 0.3 is 12.0 Å². The number of amides is 2. The van der Waals surface area contributed by atoms with Crippen LogP contribution in [0.5, 0.6) is 0 Å². The monoisotopic (exact) mass is 292 g/mol. The molecule has 1 aromatic carbocycles. The number of carboxylic acids is 1. The van der Waals surface area contributed by atoms with E-state index in [4.69, 9.17) is 0 Å². The largest absolute Gasteiger partial charge is 0.480 e. The number of hydrogen-bond acceptors (Lipinski definition) is 2. The summed E-state index contributed by atoms with van der Waals surface area (Å²) in [6.45, 7) is 4.78. The Kier molecular flexibility index (Phi) is 6.72. The number of hydrogen-bond donors (Lipinski definition) is 2. The lowest BCUT2D eigenvalue weighted by atomic mass is 10.1. The van der Waals surface area contributed by atoms with Crippen molar-refractivity contribution in [1.82, 2.24) is 10.2 Å². The molecule has 21 heavy (non-hydrogen) atoms. The van der Waals surface area contributed by atoms with E-state index in [0.717, 1.165) is 12.0 Å². The van der Waals surface area contributed by atoms with Crippen molar-refractivity contribution in [1.29, 1.82) is 0 Å². The number of rotatable bonds is 7. The molecule has 1 aromatic rings. The number of aliphatic carboxylic acids is 1. The lowest BCUT2D eigenvalue weighted by molar-refractivity contribution is -0.139. The molecule has 2 N–H and O–H groups in total. The van der Waals surface area contributed by atoms with Crippen LogP contribution < -0.4 is 5.32 Å². The maximum atomic E-state index is 12.0. The maximum Gasteiger partial charge on any atom is 0.326 e. The predicted molar refractivity (Wildman–Crippen MR) is 82.2 cm³/mol. The zero-order valence-corrected chi connectivity index (χ0v) is 12.9. The van der Waals surface area contributed by atoms with Gasteiger partial charge in [-0.25, -0.2) is 9.59 Å². The van der Waals surface area contributed by atoms with Crippen LogP contribution in [-0.4, -0.2) is 41.6 Å². The second-order valence-corrected chi connectivity index (χ2v) is 5.63. The number of carbonyl (C=O) groups is 2. The molecule has 0 heterocycles. The summed E-state index contributed by atoms with van der Waals surface area (Å²) in [5.41, 5.74) is 0.884. The van der Waals surface area contributed by atoms with E-state index in [-0.39, 0.29) is 12.5 Å². The van der Waals surface area contributed by atoms with Crippen molar-refractivity contribution >= 4 is 12.0 Å².